The van der Waals surface area contributed by atoms with E-state index in [1.807, 2.05) is 11.8 Å². The first-order valence-corrected chi connectivity index (χ1v) is 6.90. The van der Waals surface area contributed by atoms with E-state index in [1.165, 1.54) is 12.8 Å². The molecule has 2 fully saturated rings. The van der Waals surface area contributed by atoms with Gasteiger partial charge in [-0.3, -0.25) is 10.1 Å². The first-order valence-electron chi connectivity index (χ1n) is 6.90. The van der Waals surface area contributed by atoms with Crippen molar-refractivity contribution in [2.75, 3.05) is 20.1 Å². The minimum absolute atomic E-state index is 0.00205. The molecular formula is C13H25N3O. The summed E-state index contributed by atoms with van der Waals surface area (Å²) in [6, 6.07) is 0.778. The van der Waals surface area contributed by atoms with Crippen LogP contribution in [0.3, 0.4) is 0 Å². The fourth-order valence-corrected chi connectivity index (χ4v) is 2.59. The van der Waals surface area contributed by atoms with Gasteiger partial charge in [0.15, 0.2) is 0 Å². The lowest BCUT2D eigenvalue weighted by Gasteiger charge is -2.26. The highest BCUT2D eigenvalue weighted by Crippen LogP contribution is 2.25. The van der Waals surface area contributed by atoms with Gasteiger partial charge < -0.3 is 9.80 Å². The minimum Gasteiger partial charge on any atom is -0.325 e. The van der Waals surface area contributed by atoms with Crippen LogP contribution < -0.4 is 5.32 Å². The molecule has 4 heteroatoms. The molecule has 1 aliphatic heterocycles. The van der Waals surface area contributed by atoms with Gasteiger partial charge in [-0.1, -0.05) is 13.3 Å². The maximum atomic E-state index is 12.0. The average Bonchev–Trinajstić information content (AvgIpc) is 3.08. The van der Waals surface area contributed by atoms with Crippen LogP contribution in [0.25, 0.3) is 0 Å². The Labute approximate surface area is 104 Å². The Bertz CT molecular complexity index is 278. The van der Waals surface area contributed by atoms with Crippen molar-refractivity contribution >= 4 is 5.91 Å². The Morgan fingerprint density at radius 2 is 2.18 bits per heavy atom. The van der Waals surface area contributed by atoms with Crippen molar-refractivity contribution < 1.29 is 4.79 Å². The van der Waals surface area contributed by atoms with Crippen LogP contribution in [0, 0.1) is 0 Å². The van der Waals surface area contributed by atoms with Gasteiger partial charge in [0.1, 0.15) is 0 Å². The smallest absolute Gasteiger partial charge is 0.240 e. The molecule has 2 atom stereocenters. The molecule has 2 aliphatic rings. The third-order valence-corrected chi connectivity index (χ3v) is 3.90. The van der Waals surface area contributed by atoms with Crippen LogP contribution in [0.15, 0.2) is 0 Å². The normalized spacial score (nSPS) is 29.4. The van der Waals surface area contributed by atoms with Crippen LogP contribution in [-0.2, 0) is 4.79 Å². The van der Waals surface area contributed by atoms with E-state index in [2.05, 4.69) is 24.2 Å². The number of nitrogens with zero attached hydrogens (tertiary/aromatic N) is 2. The second-order valence-electron chi connectivity index (χ2n) is 5.44. The number of rotatable bonds is 6. The Hall–Kier alpha value is -0.610. The zero-order valence-electron chi connectivity index (χ0n) is 11.3. The van der Waals surface area contributed by atoms with Crippen LogP contribution in [-0.4, -0.2) is 54.1 Å². The minimum atomic E-state index is -0.00205. The van der Waals surface area contributed by atoms with E-state index < -0.39 is 0 Å². The molecule has 2 unspecified atom stereocenters. The number of amides is 1. The lowest BCUT2D eigenvalue weighted by Crippen LogP contribution is -2.42. The molecule has 1 N–H and O–H groups in total. The van der Waals surface area contributed by atoms with Crippen molar-refractivity contribution in [2.45, 2.75) is 57.8 Å². The van der Waals surface area contributed by atoms with E-state index in [4.69, 9.17) is 0 Å². The molecule has 1 aliphatic carbocycles. The van der Waals surface area contributed by atoms with E-state index in [-0.39, 0.29) is 18.1 Å². The Morgan fingerprint density at radius 1 is 1.47 bits per heavy atom. The first kappa shape index (κ1) is 12.8. The van der Waals surface area contributed by atoms with Crippen molar-refractivity contribution in [3.63, 3.8) is 0 Å². The molecule has 4 nitrogen and oxygen atoms in total. The third-order valence-electron chi connectivity index (χ3n) is 3.90. The molecule has 1 saturated heterocycles. The summed E-state index contributed by atoms with van der Waals surface area (Å²) in [5.41, 5.74) is 0. The van der Waals surface area contributed by atoms with Gasteiger partial charge in [-0.25, -0.2) is 0 Å². The summed E-state index contributed by atoms with van der Waals surface area (Å²) in [6.45, 7) is 6.01. The van der Waals surface area contributed by atoms with Gasteiger partial charge in [0, 0.05) is 19.1 Å². The van der Waals surface area contributed by atoms with Crippen molar-refractivity contribution in [1.29, 1.82) is 0 Å². The van der Waals surface area contributed by atoms with Crippen molar-refractivity contribution in [1.82, 2.24) is 15.1 Å². The van der Waals surface area contributed by atoms with Crippen LogP contribution in [0.4, 0.5) is 0 Å². The summed E-state index contributed by atoms with van der Waals surface area (Å²) in [7, 11) is 2.17. The summed E-state index contributed by atoms with van der Waals surface area (Å²) in [5, 5.41) is 3.38. The standard InChI is InChI=1S/C13H25N3O/c1-4-5-12-14-10(2)13(17)16(12)9-8-15(3)11-6-7-11/h10-12,14H,4-9H2,1-3H3. The Morgan fingerprint density at radius 3 is 2.76 bits per heavy atom. The lowest BCUT2D eigenvalue weighted by molar-refractivity contribution is -0.130. The largest absolute Gasteiger partial charge is 0.325 e. The van der Waals surface area contributed by atoms with Gasteiger partial charge in [0.25, 0.3) is 0 Å². The van der Waals surface area contributed by atoms with E-state index >= 15 is 0 Å². The molecule has 0 radical (unpaired) electrons. The van der Waals surface area contributed by atoms with E-state index in [9.17, 15) is 4.79 Å². The van der Waals surface area contributed by atoms with Gasteiger partial charge in [-0.15, -0.1) is 0 Å². The molecule has 0 aromatic heterocycles. The Kier molecular flexibility index (Phi) is 4.05. The third kappa shape index (κ3) is 2.99. The zero-order chi connectivity index (χ0) is 12.4. The summed E-state index contributed by atoms with van der Waals surface area (Å²) >= 11 is 0. The highest BCUT2D eigenvalue weighted by Gasteiger charge is 2.35. The number of likely N-dealkylation sites (N-methyl/N-ethyl adjacent to an activating group) is 1. The lowest BCUT2D eigenvalue weighted by atomic mass is 10.2. The molecule has 98 valence electrons. The fraction of sp³-hybridized carbons (Fsp3) is 0.923. The van der Waals surface area contributed by atoms with Crippen LogP contribution in [0.2, 0.25) is 0 Å². The molecule has 0 bridgehead atoms. The van der Waals surface area contributed by atoms with Crippen molar-refractivity contribution in [3.05, 3.63) is 0 Å². The Balaban J connectivity index is 1.84. The quantitative estimate of drug-likeness (QED) is 0.752. The molecule has 0 aromatic rings. The van der Waals surface area contributed by atoms with Gasteiger partial charge in [0.2, 0.25) is 5.91 Å². The van der Waals surface area contributed by atoms with E-state index in [0.717, 1.165) is 32.0 Å². The van der Waals surface area contributed by atoms with Crippen molar-refractivity contribution in [2.24, 2.45) is 0 Å². The highest BCUT2D eigenvalue weighted by molar-refractivity contribution is 5.83. The summed E-state index contributed by atoms with van der Waals surface area (Å²) < 4.78 is 0. The number of carbonyl (C=O) groups is 1. The maximum Gasteiger partial charge on any atom is 0.240 e. The molecule has 1 heterocycles. The molecule has 1 amide bonds. The molecule has 17 heavy (non-hydrogen) atoms. The zero-order valence-corrected chi connectivity index (χ0v) is 11.3. The van der Waals surface area contributed by atoms with Gasteiger partial charge in [0.05, 0.1) is 12.2 Å². The predicted octanol–water partition coefficient (Wildman–Crippen LogP) is 1.03. The average molecular weight is 239 g/mol. The SMILES string of the molecule is CCCC1NC(C)C(=O)N1CCN(C)C1CC1. The van der Waals surface area contributed by atoms with Crippen molar-refractivity contribution in [3.8, 4) is 0 Å². The second kappa shape index (κ2) is 5.36. The highest BCUT2D eigenvalue weighted by atomic mass is 16.2. The first-order chi connectivity index (χ1) is 8.13. The molecule has 2 rings (SSSR count). The monoisotopic (exact) mass is 239 g/mol. The summed E-state index contributed by atoms with van der Waals surface area (Å²) in [5.74, 6) is 0.271. The van der Waals surface area contributed by atoms with Crippen LogP contribution >= 0.6 is 0 Å². The number of carbonyl (C=O) groups excluding carboxylic acids is 1. The fourth-order valence-electron chi connectivity index (χ4n) is 2.59. The van der Waals surface area contributed by atoms with E-state index in [0.29, 0.717) is 0 Å². The van der Waals surface area contributed by atoms with Crippen LogP contribution in [0.1, 0.15) is 39.5 Å². The number of hydrogen-bond acceptors (Lipinski definition) is 3. The molecule has 0 spiro atoms. The summed E-state index contributed by atoms with van der Waals surface area (Å²) in [4.78, 5) is 16.5. The maximum absolute atomic E-state index is 12.0. The van der Waals surface area contributed by atoms with Gasteiger partial charge in [-0.05, 0) is 33.2 Å². The van der Waals surface area contributed by atoms with Crippen LogP contribution in [0.5, 0.6) is 0 Å². The predicted molar refractivity (Wildman–Crippen MR) is 68.7 cm³/mol. The second-order valence-corrected chi connectivity index (χ2v) is 5.44. The molecular weight excluding hydrogens is 214 g/mol. The number of hydrogen-bond donors (Lipinski definition) is 1. The van der Waals surface area contributed by atoms with Gasteiger partial charge >= 0.3 is 0 Å². The molecule has 1 saturated carbocycles. The van der Waals surface area contributed by atoms with Gasteiger partial charge in [-0.2, -0.15) is 0 Å². The topological polar surface area (TPSA) is 35.6 Å². The van der Waals surface area contributed by atoms with E-state index in [1.54, 1.807) is 0 Å². The summed E-state index contributed by atoms with van der Waals surface area (Å²) in [6.07, 6.45) is 5.10. The number of nitrogens with one attached hydrogen (secondary N) is 1. The molecule has 0 aromatic carbocycles.